The van der Waals surface area contributed by atoms with E-state index in [4.69, 9.17) is 4.42 Å². The summed E-state index contributed by atoms with van der Waals surface area (Å²) in [7, 11) is 0. The molecule has 1 aromatic heterocycles. The summed E-state index contributed by atoms with van der Waals surface area (Å²) >= 11 is 0. The average molecular weight is 238 g/mol. The van der Waals surface area contributed by atoms with Crippen LogP contribution in [0.3, 0.4) is 0 Å². The number of aliphatic hydroxyl groups excluding tert-OH is 1. The van der Waals surface area contributed by atoms with Crippen LogP contribution >= 0.6 is 0 Å². The zero-order valence-electron chi connectivity index (χ0n) is 9.50. The van der Waals surface area contributed by atoms with Gasteiger partial charge in [0.1, 0.15) is 23.5 Å². The summed E-state index contributed by atoms with van der Waals surface area (Å²) in [5.41, 5.74) is 0.289. The van der Waals surface area contributed by atoms with Gasteiger partial charge in [0.2, 0.25) is 0 Å². The molecule has 2 rings (SSSR count). The quantitative estimate of drug-likeness (QED) is 0.871. The molecular formula is C13H12F2O2. The normalized spacial score (nSPS) is 12.8. The molecule has 0 saturated carbocycles. The standard InChI is InChI=1S/C13H12F2O2/c1-7-3-4-10(14)11(12(7)15)13(16)9-5-8(2)17-6-9/h3-6,13,16H,1-2H3. The van der Waals surface area contributed by atoms with Crippen molar-refractivity contribution in [2.45, 2.75) is 20.0 Å². The molecule has 0 aliphatic heterocycles. The van der Waals surface area contributed by atoms with Crippen molar-refractivity contribution in [1.82, 2.24) is 0 Å². The van der Waals surface area contributed by atoms with Crippen molar-refractivity contribution in [1.29, 1.82) is 0 Å². The first-order valence-electron chi connectivity index (χ1n) is 5.18. The minimum absolute atomic E-state index is 0.292. The molecule has 4 heteroatoms. The van der Waals surface area contributed by atoms with Crippen molar-refractivity contribution >= 4 is 0 Å². The number of aliphatic hydroxyl groups is 1. The lowest BCUT2D eigenvalue weighted by Gasteiger charge is -2.12. The molecule has 0 amide bonds. The maximum absolute atomic E-state index is 13.8. The van der Waals surface area contributed by atoms with Crippen LogP contribution in [-0.4, -0.2) is 5.11 Å². The van der Waals surface area contributed by atoms with Crippen LogP contribution < -0.4 is 0 Å². The Morgan fingerprint density at radius 3 is 2.53 bits per heavy atom. The monoisotopic (exact) mass is 238 g/mol. The van der Waals surface area contributed by atoms with Crippen molar-refractivity contribution < 1.29 is 18.3 Å². The molecule has 0 saturated heterocycles. The van der Waals surface area contributed by atoms with Gasteiger partial charge >= 0.3 is 0 Å². The Labute approximate surface area is 97.5 Å². The van der Waals surface area contributed by atoms with Gasteiger partial charge < -0.3 is 9.52 Å². The fourth-order valence-corrected chi connectivity index (χ4v) is 1.70. The summed E-state index contributed by atoms with van der Waals surface area (Å²) < 4.78 is 32.3. The Hall–Kier alpha value is -1.68. The third kappa shape index (κ3) is 2.08. The second kappa shape index (κ2) is 4.30. The first-order chi connectivity index (χ1) is 8.00. The number of hydrogen-bond acceptors (Lipinski definition) is 2. The predicted molar refractivity (Wildman–Crippen MR) is 58.6 cm³/mol. The molecule has 2 nitrogen and oxygen atoms in total. The van der Waals surface area contributed by atoms with Gasteiger partial charge in [-0.3, -0.25) is 0 Å². The maximum Gasteiger partial charge on any atom is 0.135 e. The van der Waals surface area contributed by atoms with E-state index in [0.717, 1.165) is 6.07 Å². The van der Waals surface area contributed by atoms with Crippen LogP contribution in [0.25, 0.3) is 0 Å². The molecule has 0 aliphatic carbocycles. The number of halogens is 2. The molecule has 17 heavy (non-hydrogen) atoms. The van der Waals surface area contributed by atoms with E-state index >= 15 is 0 Å². The molecule has 0 fully saturated rings. The minimum atomic E-state index is -1.35. The van der Waals surface area contributed by atoms with E-state index in [2.05, 4.69) is 0 Å². The molecule has 90 valence electrons. The molecule has 1 N–H and O–H groups in total. The van der Waals surface area contributed by atoms with Gasteiger partial charge in [0.25, 0.3) is 0 Å². The number of hydrogen-bond donors (Lipinski definition) is 1. The van der Waals surface area contributed by atoms with E-state index in [1.807, 2.05) is 0 Å². The number of rotatable bonds is 2. The fraction of sp³-hybridized carbons (Fsp3) is 0.231. The second-order valence-corrected chi connectivity index (χ2v) is 3.99. The Kier molecular flexibility index (Phi) is 2.98. The van der Waals surface area contributed by atoms with Crippen LogP contribution in [0.2, 0.25) is 0 Å². The Bertz CT molecular complexity index is 546. The van der Waals surface area contributed by atoms with Crippen LogP contribution in [0.1, 0.15) is 28.6 Å². The summed E-state index contributed by atoms with van der Waals surface area (Å²) in [5.74, 6) is -0.914. The molecule has 1 aromatic carbocycles. The number of furan rings is 1. The Balaban J connectivity index is 2.50. The number of benzene rings is 1. The lowest BCUT2D eigenvalue weighted by atomic mass is 10.0. The summed E-state index contributed by atoms with van der Waals surface area (Å²) in [6.07, 6.45) is -0.0614. The largest absolute Gasteiger partial charge is 0.469 e. The van der Waals surface area contributed by atoms with E-state index in [9.17, 15) is 13.9 Å². The van der Waals surface area contributed by atoms with Crippen molar-refractivity contribution in [2.75, 3.05) is 0 Å². The van der Waals surface area contributed by atoms with E-state index in [-0.39, 0.29) is 5.56 Å². The van der Waals surface area contributed by atoms with Gasteiger partial charge in [-0.05, 0) is 31.5 Å². The molecule has 1 unspecified atom stereocenters. The lowest BCUT2D eigenvalue weighted by molar-refractivity contribution is 0.208. The molecule has 0 radical (unpaired) electrons. The first-order valence-corrected chi connectivity index (χ1v) is 5.18. The summed E-state index contributed by atoms with van der Waals surface area (Å²) in [5, 5.41) is 9.95. The Morgan fingerprint density at radius 2 is 1.94 bits per heavy atom. The maximum atomic E-state index is 13.8. The first kappa shape index (κ1) is 11.8. The van der Waals surface area contributed by atoms with Gasteiger partial charge in [-0.25, -0.2) is 8.78 Å². The average Bonchev–Trinajstić information content (AvgIpc) is 2.71. The van der Waals surface area contributed by atoms with Crippen molar-refractivity contribution in [3.63, 3.8) is 0 Å². The van der Waals surface area contributed by atoms with Crippen molar-refractivity contribution in [3.05, 3.63) is 58.5 Å². The summed E-state index contributed by atoms with van der Waals surface area (Å²) in [6, 6.07) is 4.03. The van der Waals surface area contributed by atoms with Gasteiger partial charge in [-0.2, -0.15) is 0 Å². The van der Waals surface area contributed by atoms with E-state index in [1.54, 1.807) is 13.0 Å². The highest BCUT2D eigenvalue weighted by Crippen LogP contribution is 2.29. The zero-order valence-corrected chi connectivity index (χ0v) is 9.50. The predicted octanol–water partition coefficient (Wildman–Crippen LogP) is 3.26. The molecule has 1 heterocycles. The minimum Gasteiger partial charge on any atom is -0.469 e. The SMILES string of the molecule is Cc1cc(C(O)c2c(F)ccc(C)c2F)co1. The van der Waals surface area contributed by atoms with E-state index in [1.165, 1.54) is 19.3 Å². The second-order valence-electron chi connectivity index (χ2n) is 3.99. The molecule has 1 atom stereocenters. The highest BCUT2D eigenvalue weighted by atomic mass is 19.1. The molecule has 2 aromatic rings. The third-order valence-corrected chi connectivity index (χ3v) is 2.66. The van der Waals surface area contributed by atoms with Gasteiger partial charge in [-0.15, -0.1) is 0 Å². The van der Waals surface area contributed by atoms with Gasteiger partial charge in [0.05, 0.1) is 11.8 Å². The Morgan fingerprint density at radius 1 is 1.24 bits per heavy atom. The number of aryl methyl sites for hydroxylation is 2. The van der Waals surface area contributed by atoms with Gasteiger partial charge in [-0.1, -0.05) is 6.07 Å². The third-order valence-electron chi connectivity index (χ3n) is 2.66. The van der Waals surface area contributed by atoms with Crippen molar-refractivity contribution in [2.24, 2.45) is 0 Å². The van der Waals surface area contributed by atoms with Crippen LogP contribution in [0.5, 0.6) is 0 Å². The van der Waals surface area contributed by atoms with Crippen LogP contribution in [0.4, 0.5) is 8.78 Å². The fourth-order valence-electron chi connectivity index (χ4n) is 1.70. The summed E-state index contributed by atoms with van der Waals surface area (Å²) in [4.78, 5) is 0. The van der Waals surface area contributed by atoms with E-state index in [0.29, 0.717) is 16.9 Å². The highest BCUT2D eigenvalue weighted by Gasteiger charge is 2.22. The van der Waals surface area contributed by atoms with Gasteiger partial charge in [0, 0.05) is 5.56 Å². The molecule has 0 bridgehead atoms. The van der Waals surface area contributed by atoms with E-state index < -0.39 is 17.7 Å². The van der Waals surface area contributed by atoms with Crippen LogP contribution in [-0.2, 0) is 0 Å². The molecule has 0 spiro atoms. The lowest BCUT2D eigenvalue weighted by Crippen LogP contribution is -2.06. The smallest absolute Gasteiger partial charge is 0.135 e. The summed E-state index contributed by atoms with van der Waals surface area (Å²) in [6.45, 7) is 3.21. The van der Waals surface area contributed by atoms with Gasteiger partial charge in [0.15, 0.2) is 0 Å². The topological polar surface area (TPSA) is 33.4 Å². The zero-order chi connectivity index (χ0) is 12.6. The van der Waals surface area contributed by atoms with Crippen LogP contribution in [0, 0.1) is 25.5 Å². The highest BCUT2D eigenvalue weighted by molar-refractivity contribution is 5.34. The van der Waals surface area contributed by atoms with Crippen LogP contribution in [0.15, 0.2) is 28.9 Å². The van der Waals surface area contributed by atoms with Crippen molar-refractivity contribution in [3.8, 4) is 0 Å². The molecular weight excluding hydrogens is 226 g/mol. The molecule has 0 aliphatic rings.